The van der Waals surface area contributed by atoms with Gasteiger partial charge in [0.15, 0.2) is 5.82 Å². The van der Waals surface area contributed by atoms with E-state index in [1.807, 2.05) is 0 Å². The van der Waals surface area contributed by atoms with Crippen molar-refractivity contribution >= 4 is 17.3 Å². The summed E-state index contributed by atoms with van der Waals surface area (Å²) in [7, 11) is 0. The number of hydrogen-bond donors (Lipinski definition) is 1. The third-order valence-corrected chi connectivity index (χ3v) is 2.28. The molecule has 4 nitrogen and oxygen atoms in total. The molecule has 0 aliphatic carbocycles. The molecular formula is C10H11FN2O2. The highest BCUT2D eigenvalue weighted by Gasteiger charge is 2.23. The van der Waals surface area contributed by atoms with Gasteiger partial charge in [0.25, 0.3) is 5.91 Å². The van der Waals surface area contributed by atoms with Crippen molar-refractivity contribution < 1.29 is 13.9 Å². The molecule has 5 heteroatoms. The van der Waals surface area contributed by atoms with E-state index in [0.717, 1.165) is 0 Å². The third kappa shape index (κ3) is 1.78. The van der Waals surface area contributed by atoms with Crippen LogP contribution in [0.1, 0.15) is 0 Å². The van der Waals surface area contributed by atoms with Gasteiger partial charge in [-0.3, -0.25) is 4.79 Å². The number of nitrogen functional groups attached to an aromatic ring is 1. The van der Waals surface area contributed by atoms with E-state index in [-0.39, 0.29) is 23.9 Å². The van der Waals surface area contributed by atoms with Crippen molar-refractivity contribution in [3.05, 3.63) is 24.0 Å². The molecule has 2 rings (SSSR count). The highest BCUT2D eigenvalue weighted by molar-refractivity contribution is 5.95. The van der Waals surface area contributed by atoms with Crippen molar-refractivity contribution in [3.8, 4) is 0 Å². The number of halogens is 1. The minimum absolute atomic E-state index is 0.00572. The second-order valence-electron chi connectivity index (χ2n) is 3.28. The molecule has 0 spiro atoms. The summed E-state index contributed by atoms with van der Waals surface area (Å²) in [5.41, 5.74) is 5.70. The number of rotatable bonds is 1. The van der Waals surface area contributed by atoms with Gasteiger partial charge in [0.05, 0.1) is 18.0 Å². The maximum absolute atomic E-state index is 13.6. The van der Waals surface area contributed by atoms with Crippen LogP contribution in [0.15, 0.2) is 18.2 Å². The minimum Gasteiger partial charge on any atom is -0.396 e. The lowest BCUT2D eigenvalue weighted by Crippen LogP contribution is -2.42. The van der Waals surface area contributed by atoms with Crippen molar-refractivity contribution in [3.63, 3.8) is 0 Å². The Labute approximate surface area is 86.4 Å². The standard InChI is InChI=1S/C10H11FN2O2/c11-10-7(12)2-1-3-8(10)13-4-5-15-6-9(13)14/h1-3H,4-6,12H2. The van der Waals surface area contributed by atoms with E-state index >= 15 is 0 Å². The minimum atomic E-state index is -0.548. The molecule has 1 aliphatic heterocycles. The van der Waals surface area contributed by atoms with Gasteiger partial charge in [-0.15, -0.1) is 0 Å². The number of anilines is 2. The molecule has 1 aromatic rings. The normalized spacial score (nSPS) is 16.9. The van der Waals surface area contributed by atoms with Gasteiger partial charge in [-0.05, 0) is 12.1 Å². The van der Waals surface area contributed by atoms with Gasteiger partial charge in [0.2, 0.25) is 0 Å². The largest absolute Gasteiger partial charge is 0.396 e. The molecule has 1 heterocycles. The number of nitrogens with two attached hydrogens (primary N) is 1. The van der Waals surface area contributed by atoms with Crippen LogP contribution in [0.5, 0.6) is 0 Å². The maximum Gasteiger partial charge on any atom is 0.253 e. The lowest BCUT2D eigenvalue weighted by Gasteiger charge is -2.27. The Morgan fingerprint density at radius 2 is 2.27 bits per heavy atom. The lowest BCUT2D eigenvalue weighted by molar-refractivity contribution is -0.125. The van der Waals surface area contributed by atoms with Gasteiger partial charge in [0, 0.05) is 6.54 Å². The van der Waals surface area contributed by atoms with E-state index in [1.165, 1.54) is 17.0 Å². The molecule has 1 amide bonds. The van der Waals surface area contributed by atoms with Crippen LogP contribution in [0, 0.1) is 5.82 Å². The smallest absolute Gasteiger partial charge is 0.253 e. The average Bonchev–Trinajstić information content (AvgIpc) is 2.23. The van der Waals surface area contributed by atoms with Crippen molar-refractivity contribution in [2.45, 2.75) is 0 Å². The van der Waals surface area contributed by atoms with Crippen LogP contribution >= 0.6 is 0 Å². The topological polar surface area (TPSA) is 55.6 Å². The molecule has 0 bridgehead atoms. The van der Waals surface area contributed by atoms with Crippen LogP contribution in [-0.2, 0) is 9.53 Å². The van der Waals surface area contributed by atoms with Crippen LogP contribution in [0.3, 0.4) is 0 Å². The molecule has 80 valence electrons. The predicted molar refractivity (Wildman–Crippen MR) is 54.0 cm³/mol. The van der Waals surface area contributed by atoms with E-state index in [0.29, 0.717) is 13.2 Å². The van der Waals surface area contributed by atoms with Crippen molar-refractivity contribution in [2.75, 3.05) is 30.4 Å². The van der Waals surface area contributed by atoms with E-state index in [4.69, 9.17) is 10.5 Å². The number of morpholine rings is 1. The molecule has 2 N–H and O–H groups in total. The van der Waals surface area contributed by atoms with E-state index in [9.17, 15) is 9.18 Å². The van der Waals surface area contributed by atoms with Crippen LogP contribution in [0.25, 0.3) is 0 Å². The van der Waals surface area contributed by atoms with Crippen LogP contribution in [-0.4, -0.2) is 25.7 Å². The van der Waals surface area contributed by atoms with E-state index in [2.05, 4.69) is 0 Å². The van der Waals surface area contributed by atoms with E-state index in [1.54, 1.807) is 6.07 Å². The summed E-state index contributed by atoms with van der Waals surface area (Å²) in [5.74, 6) is -0.793. The van der Waals surface area contributed by atoms with Gasteiger partial charge in [-0.1, -0.05) is 6.07 Å². The zero-order chi connectivity index (χ0) is 10.8. The highest BCUT2D eigenvalue weighted by Crippen LogP contribution is 2.24. The molecule has 0 unspecified atom stereocenters. The number of carbonyl (C=O) groups is 1. The number of nitrogens with zero attached hydrogens (tertiary/aromatic N) is 1. The van der Waals surface area contributed by atoms with Gasteiger partial charge < -0.3 is 15.4 Å². The third-order valence-electron chi connectivity index (χ3n) is 2.28. The van der Waals surface area contributed by atoms with Crippen LogP contribution in [0.2, 0.25) is 0 Å². The molecule has 0 radical (unpaired) electrons. The van der Waals surface area contributed by atoms with Gasteiger partial charge in [-0.2, -0.15) is 0 Å². The lowest BCUT2D eigenvalue weighted by atomic mass is 10.2. The molecule has 0 aromatic heterocycles. The molecule has 15 heavy (non-hydrogen) atoms. The Morgan fingerprint density at radius 3 is 3.00 bits per heavy atom. The quantitative estimate of drug-likeness (QED) is 0.696. The SMILES string of the molecule is Nc1cccc(N2CCOCC2=O)c1F. The fourth-order valence-corrected chi connectivity index (χ4v) is 1.52. The molecule has 0 atom stereocenters. The second-order valence-corrected chi connectivity index (χ2v) is 3.28. The number of carbonyl (C=O) groups excluding carboxylic acids is 1. The number of amides is 1. The fourth-order valence-electron chi connectivity index (χ4n) is 1.52. The molecule has 1 fully saturated rings. The molecule has 1 saturated heterocycles. The molecule has 1 aromatic carbocycles. The Hall–Kier alpha value is -1.62. The van der Waals surface area contributed by atoms with Gasteiger partial charge >= 0.3 is 0 Å². The van der Waals surface area contributed by atoms with Gasteiger partial charge in [0.1, 0.15) is 6.61 Å². The van der Waals surface area contributed by atoms with Crippen molar-refractivity contribution in [2.24, 2.45) is 0 Å². The molecule has 0 saturated carbocycles. The Balaban J connectivity index is 2.35. The first-order valence-electron chi connectivity index (χ1n) is 4.62. The van der Waals surface area contributed by atoms with Crippen molar-refractivity contribution in [1.29, 1.82) is 0 Å². The highest BCUT2D eigenvalue weighted by atomic mass is 19.1. The summed E-state index contributed by atoms with van der Waals surface area (Å²) in [5, 5.41) is 0. The van der Waals surface area contributed by atoms with Crippen molar-refractivity contribution in [1.82, 2.24) is 0 Å². The molecular weight excluding hydrogens is 199 g/mol. The number of ether oxygens (including phenoxy) is 1. The summed E-state index contributed by atoms with van der Waals surface area (Å²) in [6, 6.07) is 4.62. The summed E-state index contributed by atoms with van der Waals surface area (Å²) in [6.07, 6.45) is 0. The molecule has 1 aliphatic rings. The fraction of sp³-hybridized carbons (Fsp3) is 0.300. The summed E-state index contributed by atoms with van der Waals surface area (Å²) in [6.45, 7) is 0.771. The number of benzene rings is 1. The Morgan fingerprint density at radius 1 is 1.47 bits per heavy atom. The Kier molecular flexibility index (Phi) is 2.55. The zero-order valence-electron chi connectivity index (χ0n) is 8.07. The first-order chi connectivity index (χ1) is 7.20. The monoisotopic (exact) mass is 210 g/mol. The van der Waals surface area contributed by atoms with E-state index < -0.39 is 5.82 Å². The average molecular weight is 210 g/mol. The maximum atomic E-state index is 13.6. The summed E-state index contributed by atoms with van der Waals surface area (Å²) < 4.78 is 18.6. The van der Waals surface area contributed by atoms with Crippen LogP contribution < -0.4 is 10.6 Å². The first kappa shape index (κ1) is 9.92. The Bertz CT molecular complexity index is 395. The second kappa shape index (κ2) is 3.86. The summed E-state index contributed by atoms with van der Waals surface area (Å²) in [4.78, 5) is 12.8. The zero-order valence-corrected chi connectivity index (χ0v) is 8.07. The summed E-state index contributed by atoms with van der Waals surface area (Å²) >= 11 is 0. The van der Waals surface area contributed by atoms with Gasteiger partial charge in [-0.25, -0.2) is 4.39 Å². The first-order valence-corrected chi connectivity index (χ1v) is 4.62. The van der Waals surface area contributed by atoms with Crippen LogP contribution in [0.4, 0.5) is 15.8 Å². The predicted octanol–water partition coefficient (Wildman–Crippen LogP) is 0.771. The number of hydrogen-bond acceptors (Lipinski definition) is 3.